The summed E-state index contributed by atoms with van der Waals surface area (Å²) < 4.78 is 7.59. The minimum atomic E-state index is -0.0680. The van der Waals surface area contributed by atoms with Crippen molar-refractivity contribution in [2.45, 2.75) is 20.8 Å². The molecule has 7 nitrogen and oxygen atoms in total. The normalized spacial score (nSPS) is 10.7. The molecule has 1 N–H and O–H groups in total. The van der Waals surface area contributed by atoms with Crippen LogP contribution in [0.5, 0.6) is 11.6 Å². The van der Waals surface area contributed by atoms with Gasteiger partial charge in [-0.25, -0.2) is 9.97 Å². The average Bonchev–Trinajstić information content (AvgIpc) is 3.10. The summed E-state index contributed by atoms with van der Waals surface area (Å²) in [7, 11) is 0. The molecular weight excluding hydrogens is 318 g/mol. The van der Waals surface area contributed by atoms with Gasteiger partial charge in [0, 0.05) is 30.1 Å². The molecule has 0 aliphatic carbocycles. The molecule has 0 atom stereocenters. The summed E-state index contributed by atoms with van der Waals surface area (Å²) in [6.07, 6.45) is 5.15. The second kappa shape index (κ2) is 7.12. The van der Waals surface area contributed by atoms with Crippen LogP contribution in [0.4, 0.5) is 5.69 Å². The first-order valence-electron chi connectivity index (χ1n) is 7.94. The topological polar surface area (TPSA) is 81.9 Å². The number of ether oxygens (including phenoxy) is 1. The Morgan fingerprint density at radius 3 is 2.60 bits per heavy atom. The fourth-order valence-corrected chi connectivity index (χ4v) is 2.12. The van der Waals surface area contributed by atoms with Crippen LogP contribution in [0.15, 0.2) is 49.1 Å². The number of aryl methyl sites for hydroxylation is 1. The molecular formula is C18H19N5O2. The van der Waals surface area contributed by atoms with Crippen LogP contribution in [-0.4, -0.2) is 25.4 Å². The minimum absolute atomic E-state index is 0.0231. The van der Waals surface area contributed by atoms with Gasteiger partial charge in [-0.3, -0.25) is 9.36 Å². The van der Waals surface area contributed by atoms with Crippen molar-refractivity contribution in [1.29, 1.82) is 0 Å². The van der Waals surface area contributed by atoms with Crippen LogP contribution in [0.3, 0.4) is 0 Å². The Morgan fingerprint density at radius 1 is 1.20 bits per heavy atom. The van der Waals surface area contributed by atoms with Gasteiger partial charge in [0.25, 0.3) is 0 Å². The number of benzene rings is 1. The highest BCUT2D eigenvalue weighted by Crippen LogP contribution is 2.23. The summed E-state index contributed by atoms with van der Waals surface area (Å²) in [5.74, 6) is 2.25. The maximum Gasteiger partial charge on any atom is 0.226 e. The van der Waals surface area contributed by atoms with Crippen molar-refractivity contribution in [3.8, 4) is 17.4 Å². The van der Waals surface area contributed by atoms with E-state index in [1.807, 2.05) is 13.8 Å². The number of imidazole rings is 1. The molecule has 1 aromatic carbocycles. The average molecular weight is 337 g/mol. The number of rotatable bonds is 5. The fourth-order valence-electron chi connectivity index (χ4n) is 2.12. The molecule has 0 bridgehead atoms. The molecule has 0 fully saturated rings. The maximum absolute atomic E-state index is 11.7. The second-order valence-electron chi connectivity index (χ2n) is 5.85. The van der Waals surface area contributed by atoms with E-state index < -0.39 is 0 Å². The third kappa shape index (κ3) is 4.20. The zero-order valence-electron chi connectivity index (χ0n) is 14.3. The summed E-state index contributed by atoms with van der Waals surface area (Å²) in [6.45, 7) is 5.50. The van der Waals surface area contributed by atoms with Crippen molar-refractivity contribution < 1.29 is 9.53 Å². The molecule has 3 aromatic rings. The Hall–Kier alpha value is -3.22. The number of amides is 1. The van der Waals surface area contributed by atoms with Gasteiger partial charge in [0.1, 0.15) is 23.7 Å². The van der Waals surface area contributed by atoms with Crippen LogP contribution >= 0.6 is 0 Å². The fraction of sp³-hybridized carbons (Fsp3) is 0.222. The lowest BCUT2D eigenvalue weighted by Gasteiger charge is -2.10. The van der Waals surface area contributed by atoms with Crippen LogP contribution in [0.25, 0.3) is 5.82 Å². The molecule has 2 aromatic heterocycles. The first kappa shape index (κ1) is 16.6. The molecule has 0 unspecified atom stereocenters. The lowest BCUT2D eigenvalue weighted by atomic mass is 10.2. The number of carbonyl (C=O) groups excluding carboxylic acids is 1. The molecule has 3 rings (SSSR count). The summed E-state index contributed by atoms with van der Waals surface area (Å²) in [5.41, 5.74) is 0.726. The van der Waals surface area contributed by atoms with Crippen molar-refractivity contribution in [2.75, 3.05) is 5.32 Å². The van der Waals surface area contributed by atoms with Gasteiger partial charge in [-0.05, 0) is 31.2 Å². The van der Waals surface area contributed by atoms with E-state index in [0.717, 1.165) is 5.69 Å². The second-order valence-corrected chi connectivity index (χ2v) is 5.85. The zero-order chi connectivity index (χ0) is 17.8. The first-order valence-corrected chi connectivity index (χ1v) is 7.94. The van der Waals surface area contributed by atoms with E-state index in [1.54, 1.807) is 60.5 Å². The van der Waals surface area contributed by atoms with Gasteiger partial charge in [0.2, 0.25) is 11.8 Å². The summed E-state index contributed by atoms with van der Waals surface area (Å²) in [6, 6.07) is 8.89. The van der Waals surface area contributed by atoms with Crippen LogP contribution < -0.4 is 10.1 Å². The van der Waals surface area contributed by atoms with Crippen LogP contribution in [0.2, 0.25) is 0 Å². The van der Waals surface area contributed by atoms with Crippen LogP contribution in [-0.2, 0) is 4.79 Å². The molecule has 0 saturated carbocycles. The zero-order valence-corrected chi connectivity index (χ0v) is 14.3. The molecule has 0 spiro atoms. The molecule has 7 heteroatoms. The Bertz CT molecular complexity index is 858. The number of carbonyl (C=O) groups is 1. The quantitative estimate of drug-likeness (QED) is 0.772. The highest BCUT2D eigenvalue weighted by atomic mass is 16.5. The standard InChI is InChI=1S/C18H19N5O2/c1-12(2)18(24)22-14-4-6-15(7-5-14)25-17-10-16(20-13(3)21-17)23-9-8-19-11-23/h4-12H,1-3H3,(H,22,24). The molecule has 0 aliphatic rings. The molecule has 0 radical (unpaired) electrons. The molecule has 25 heavy (non-hydrogen) atoms. The van der Waals surface area contributed by atoms with Gasteiger partial charge < -0.3 is 10.1 Å². The third-order valence-corrected chi connectivity index (χ3v) is 3.44. The summed E-state index contributed by atoms with van der Waals surface area (Å²) >= 11 is 0. The van der Waals surface area contributed by atoms with E-state index in [9.17, 15) is 4.79 Å². The minimum Gasteiger partial charge on any atom is -0.439 e. The van der Waals surface area contributed by atoms with Gasteiger partial charge in [-0.15, -0.1) is 0 Å². The van der Waals surface area contributed by atoms with Gasteiger partial charge in [0.15, 0.2) is 0 Å². The Kier molecular flexibility index (Phi) is 4.74. The highest BCUT2D eigenvalue weighted by Gasteiger charge is 2.08. The van der Waals surface area contributed by atoms with E-state index in [0.29, 0.717) is 23.3 Å². The number of hydrogen-bond donors (Lipinski definition) is 1. The van der Waals surface area contributed by atoms with E-state index >= 15 is 0 Å². The van der Waals surface area contributed by atoms with E-state index in [2.05, 4.69) is 20.3 Å². The van der Waals surface area contributed by atoms with Crippen molar-refractivity contribution in [2.24, 2.45) is 5.92 Å². The Labute approximate surface area is 145 Å². The number of anilines is 1. The molecule has 1 amide bonds. The van der Waals surface area contributed by atoms with Gasteiger partial charge in [-0.1, -0.05) is 13.8 Å². The molecule has 128 valence electrons. The molecule has 2 heterocycles. The number of hydrogen-bond acceptors (Lipinski definition) is 5. The lowest BCUT2D eigenvalue weighted by molar-refractivity contribution is -0.118. The van der Waals surface area contributed by atoms with Gasteiger partial charge in [0.05, 0.1) is 0 Å². The predicted octanol–water partition coefficient (Wildman–Crippen LogP) is 3.36. The Balaban J connectivity index is 1.75. The van der Waals surface area contributed by atoms with Crippen LogP contribution in [0, 0.1) is 12.8 Å². The third-order valence-electron chi connectivity index (χ3n) is 3.44. The van der Waals surface area contributed by atoms with Gasteiger partial charge in [-0.2, -0.15) is 4.98 Å². The summed E-state index contributed by atoms with van der Waals surface area (Å²) in [5, 5.41) is 2.84. The monoisotopic (exact) mass is 337 g/mol. The molecule has 0 saturated heterocycles. The highest BCUT2D eigenvalue weighted by molar-refractivity contribution is 5.92. The smallest absolute Gasteiger partial charge is 0.226 e. The largest absolute Gasteiger partial charge is 0.439 e. The SMILES string of the molecule is Cc1nc(Oc2ccc(NC(=O)C(C)C)cc2)cc(-n2ccnc2)n1. The van der Waals surface area contributed by atoms with E-state index in [4.69, 9.17) is 4.74 Å². The van der Waals surface area contributed by atoms with Crippen molar-refractivity contribution in [3.63, 3.8) is 0 Å². The van der Waals surface area contributed by atoms with E-state index in [1.165, 1.54) is 0 Å². The van der Waals surface area contributed by atoms with Gasteiger partial charge >= 0.3 is 0 Å². The molecule has 0 aliphatic heterocycles. The van der Waals surface area contributed by atoms with E-state index in [-0.39, 0.29) is 11.8 Å². The number of nitrogens with zero attached hydrogens (tertiary/aromatic N) is 4. The predicted molar refractivity (Wildman–Crippen MR) is 93.9 cm³/mol. The van der Waals surface area contributed by atoms with Crippen molar-refractivity contribution in [1.82, 2.24) is 19.5 Å². The number of aromatic nitrogens is 4. The van der Waals surface area contributed by atoms with Crippen molar-refractivity contribution in [3.05, 3.63) is 54.9 Å². The summed E-state index contributed by atoms with van der Waals surface area (Å²) in [4.78, 5) is 24.4. The van der Waals surface area contributed by atoms with Crippen molar-refractivity contribution >= 4 is 11.6 Å². The van der Waals surface area contributed by atoms with Crippen LogP contribution in [0.1, 0.15) is 19.7 Å². The lowest BCUT2D eigenvalue weighted by Crippen LogP contribution is -2.17. The first-order chi connectivity index (χ1) is 12.0. The Morgan fingerprint density at radius 2 is 1.96 bits per heavy atom. The number of nitrogens with one attached hydrogen (secondary N) is 1. The maximum atomic E-state index is 11.7.